The van der Waals surface area contributed by atoms with Gasteiger partial charge in [-0.05, 0) is 62.0 Å². The lowest BCUT2D eigenvalue weighted by Crippen LogP contribution is -2.48. The minimum atomic E-state index is -0.247. The molecule has 1 aromatic carbocycles. The molecule has 1 unspecified atom stereocenters. The third-order valence-corrected chi connectivity index (χ3v) is 6.94. The monoisotopic (exact) mass is 418 g/mol. The number of carbonyl (C=O) groups is 2. The highest BCUT2D eigenvalue weighted by Crippen LogP contribution is 2.47. The first kappa shape index (κ1) is 20.9. The summed E-state index contributed by atoms with van der Waals surface area (Å²) in [6.45, 7) is 4.89. The summed E-state index contributed by atoms with van der Waals surface area (Å²) < 4.78 is 18.9. The lowest BCUT2D eigenvalue weighted by atomic mass is 9.74. The van der Waals surface area contributed by atoms with Crippen molar-refractivity contribution in [1.29, 1.82) is 0 Å². The highest BCUT2D eigenvalue weighted by atomic mass is 19.1. The molecule has 30 heavy (non-hydrogen) atoms. The van der Waals surface area contributed by atoms with E-state index in [0.29, 0.717) is 12.5 Å². The second-order valence-corrected chi connectivity index (χ2v) is 9.08. The van der Waals surface area contributed by atoms with Crippen LogP contribution in [-0.4, -0.2) is 87.3 Å². The number of halogens is 1. The second kappa shape index (κ2) is 8.06. The van der Waals surface area contributed by atoms with E-state index in [2.05, 4.69) is 4.90 Å². The summed E-state index contributed by atoms with van der Waals surface area (Å²) in [5.74, 6) is 0.210. The SMILES string of the molecule is COC(=O)N1CCC(CN2CCC3(CC2)CN(C(=O)N(C)C)c2ccc(F)cc23)C1. The van der Waals surface area contributed by atoms with Crippen molar-refractivity contribution in [1.82, 2.24) is 14.7 Å². The number of amides is 3. The molecule has 3 heterocycles. The molecule has 3 amide bonds. The zero-order chi connectivity index (χ0) is 21.5. The van der Waals surface area contributed by atoms with Crippen molar-refractivity contribution in [3.8, 4) is 0 Å². The van der Waals surface area contributed by atoms with Gasteiger partial charge in [0, 0.05) is 51.4 Å². The van der Waals surface area contributed by atoms with Crippen LogP contribution in [0, 0.1) is 11.7 Å². The molecule has 1 aromatic rings. The highest BCUT2D eigenvalue weighted by molar-refractivity contribution is 5.95. The summed E-state index contributed by atoms with van der Waals surface area (Å²) in [5.41, 5.74) is 1.62. The van der Waals surface area contributed by atoms with Crippen LogP contribution in [0.1, 0.15) is 24.8 Å². The Kier molecular flexibility index (Phi) is 5.61. The van der Waals surface area contributed by atoms with Crippen molar-refractivity contribution < 1.29 is 18.7 Å². The minimum Gasteiger partial charge on any atom is -0.453 e. The molecule has 1 spiro atoms. The molecule has 7 nitrogen and oxygen atoms in total. The number of urea groups is 1. The molecule has 2 saturated heterocycles. The number of nitrogens with zero attached hydrogens (tertiary/aromatic N) is 4. The smallest absolute Gasteiger partial charge is 0.409 e. The average Bonchev–Trinajstić information content (AvgIpc) is 3.32. The molecular weight excluding hydrogens is 387 g/mol. The Hall–Kier alpha value is -2.35. The molecule has 0 radical (unpaired) electrons. The fourth-order valence-electron chi connectivity index (χ4n) is 5.29. The number of fused-ring (bicyclic) bond motifs is 2. The Morgan fingerprint density at radius 3 is 2.63 bits per heavy atom. The summed E-state index contributed by atoms with van der Waals surface area (Å²) in [7, 11) is 4.92. The molecular formula is C22H31FN4O3. The molecule has 8 heteroatoms. The Labute approximate surface area is 177 Å². The van der Waals surface area contributed by atoms with Gasteiger partial charge in [0.05, 0.1) is 7.11 Å². The number of ether oxygens (including phenoxy) is 1. The Bertz CT molecular complexity index is 823. The van der Waals surface area contributed by atoms with E-state index in [0.717, 1.165) is 63.2 Å². The number of methoxy groups -OCH3 is 1. The van der Waals surface area contributed by atoms with Crippen LogP contribution in [0.2, 0.25) is 0 Å². The van der Waals surface area contributed by atoms with Crippen molar-refractivity contribution in [3.63, 3.8) is 0 Å². The van der Waals surface area contributed by atoms with Gasteiger partial charge in [0.15, 0.2) is 0 Å². The van der Waals surface area contributed by atoms with E-state index in [4.69, 9.17) is 4.74 Å². The molecule has 0 bridgehead atoms. The maximum atomic E-state index is 14.1. The van der Waals surface area contributed by atoms with Gasteiger partial charge in [0.1, 0.15) is 5.82 Å². The van der Waals surface area contributed by atoms with Gasteiger partial charge in [0.25, 0.3) is 0 Å². The standard InChI is InChI=1S/C22H31FN4O3/c1-24(2)20(28)27-15-22(18-12-17(23)4-5-19(18)27)7-10-25(11-8-22)13-16-6-9-26(14-16)21(29)30-3/h4-5,12,16H,6-11,13-15H2,1-3H3. The van der Waals surface area contributed by atoms with E-state index < -0.39 is 0 Å². The first-order chi connectivity index (χ1) is 14.3. The Morgan fingerprint density at radius 2 is 1.97 bits per heavy atom. The first-order valence-corrected chi connectivity index (χ1v) is 10.7. The van der Waals surface area contributed by atoms with E-state index in [1.54, 1.807) is 40.9 Å². The van der Waals surface area contributed by atoms with Crippen LogP contribution in [0.15, 0.2) is 18.2 Å². The molecule has 0 aliphatic carbocycles. The zero-order valence-corrected chi connectivity index (χ0v) is 18.1. The van der Waals surface area contributed by atoms with Crippen molar-refractivity contribution in [3.05, 3.63) is 29.6 Å². The number of rotatable bonds is 2. The molecule has 164 valence electrons. The van der Waals surface area contributed by atoms with Gasteiger partial charge < -0.3 is 19.4 Å². The van der Waals surface area contributed by atoms with Gasteiger partial charge in [0.2, 0.25) is 0 Å². The second-order valence-electron chi connectivity index (χ2n) is 9.08. The van der Waals surface area contributed by atoms with Crippen molar-refractivity contribution in [2.75, 3.05) is 65.4 Å². The number of carbonyl (C=O) groups excluding carboxylic acids is 2. The van der Waals surface area contributed by atoms with Crippen LogP contribution in [0.3, 0.4) is 0 Å². The lowest BCUT2D eigenvalue weighted by Gasteiger charge is -2.40. The van der Waals surface area contributed by atoms with Crippen LogP contribution in [-0.2, 0) is 10.2 Å². The maximum Gasteiger partial charge on any atom is 0.409 e. The van der Waals surface area contributed by atoms with E-state index in [9.17, 15) is 14.0 Å². The zero-order valence-electron chi connectivity index (χ0n) is 18.1. The quantitative estimate of drug-likeness (QED) is 0.741. The first-order valence-electron chi connectivity index (χ1n) is 10.7. The summed E-state index contributed by atoms with van der Waals surface area (Å²) in [6.07, 6.45) is 2.54. The fraction of sp³-hybridized carbons (Fsp3) is 0.636. The maximum absolute atomic E-state index is 14.1. The van der Waals surface area contributed by atoms with Crippen LogP contribution < -0.4 is 4.90 Å². The van der Waals surface area contributed by atoms with E-state index in [-0.39, 0.29) is 23.4 Å². The van der Waals surface area contributed by atoms with Crippen LogP contribution in [0.5, 0.6) is 0 Å². The number of benzene rings is 1. The van der Waals surface area contributed by atoms with Crippen LogP contribution in [0.25, 0.3) is 0 Å². The van der Waals surface area contributed by atoms with Gasteiger partial charge in [-0.2, -0.15) is 0 Å². The third kappa shape index (κ3) is 3.73. The van der Waals surface area contributed by atoms with Crippen molar-refractivity contribution in [2.45, 2.75) is 24.7 Å². The van der Waals surface area contributed by atoms with E-state index >= 15 is 0 Å². The van der Waals surface area contributed by atoms with Gasteiger partial charge >= 0.3 is 12.1 Å². The number of piperidine rings is 1. The topological polar surface area (TPSA) is 56.3 Å². The highest BCUT2D eigenvalue weighted by Gasteiger charge is 2.47. The molecule has 3 aliphatic heterocycles. The Morgan fingerprint density at radius 1 is 1.23 bits per heavy atom. The molecule has 0 aromatic heterocycles. The van der Waals surface area contributed by atoms with Crippen LogP contribution in [0.4, 0.5) is 19.7 Å². The predicted octanol–water partition coefficient (Wildman–Crippen LogP) is 2.75. The summed E-state index contributed by atoms with van der Waals surface area (Å²) >= 11 is 0. The van der Waals surface area contributed by atoms with Gasteiger partial charge in [-0.3, -0.25) is 4.90 Å². The summed E-state index contributed by atoms with van der Waals surface area (Å²) in [6, 6.07) is 4.75. The van der Waals surface area contributed by atoms with Crippen molar-refractivity contribution in [2.24, 2.45) is 5.92 Å². The molecule has 2 fully saturated rings. The van der Waals surface area contributed by atoms with E-state index in [1.807, 2.05) is 0 Å². The molecule has 3 aliphatic rings. The largest absolute Gasteiger partial charge is 0.453 e. The molecule has 0 N–H and O–H groups in total. The Balaban J connectivity index is 1.43. The lowest BCUT2D eigenvalue weighted by molar-refractivity contribution is 0.125. The van der Waals surface area contributed by atoms with Gasteiger partial charge in [-0.15, -0.1) is 0 Å². The third-order valence-electron chi connectivity index (χ3n) is 6.94. The minimum absolute atomic E-state index is 0.0592. The molecule has 0 saturated carbocycles. The predicted molar refractivity (Wildman–Crippen MR) is 112 cm³/mol. The van der Waals surface area contributed by atoms with Gasteiger partial charge in [-0.25, -0.2) is 14.0 Å². The summed E-state index contributed by atoms with van der Waals surface area (Å²) in [4.78, 5) is 32.1. The van der Waals surface area contributed by atoms with Crippen LogP contribution >= 0.6 is 0 Å². The number of hydrogen-bond donors (Lipinski definition) is 0. The van der Waals surface area contributed by atoms with Crippen molar-refractivity contribution >= 4 is 17.8 Å². The molecule has 1 atom stereocenters. The van der Waals surface area contributed by atoms with Gasteiger partial charge in [-0.1, -0.05) is 0 Å². The number of anilines is 1. The fourth-order valence-corrected chi connectivity index (χ4v) is 5.29. The normalized spacial score (nSPS) is 23.0. The summed E-state index contributed by atoms with van der Waals surface area (Å²) in [5, 5.41) is 0. The number of likely N-dealkylation sites (tertiary alicyclic amines) is 2. The molecule has 4 rings (SSSR count). The number of hydrogen-bond acceptors (Lipinski definition) is 4. The van der Waals surface area contributed by atoms with E-state index in [1.165, 1.54) is 13.2 Å². The average molecular weight is 419 g/mol.